The summed E-state index contributed by atoms with van der Waals surface area (Å²) in [5, 5.41) is 15.2. The second-order valence-electron chi connectivity index (χ2n) is 4.29. The van der Waals surface area contributed by atoms with Crippen LogP contribution < -0.4 is 11.7 Å². The van der Waals surface area contributed by atoms with Crippen molar-refractivity contribution in [3.8, 4) is 0 Å². The number of rotatable bonds is 5. The number of aliphatic hydroxyl groups excluding tert-OH is 1. The molecule has 6 nitrogen and oxygen atoms in total. The third kappa shape index (κ3) is 4.15. The van der Waals surface area contributed by atoms with Crippen molar-refractivity contribution in [2.75, 3.05) is 7.05 Å². The highest BCUT2D eigenvalue weighted by Crippen LogP contribution is 2.24. The Hall–Kier alpha value is -1.18. The maximum atomic E-state index is 10.2. The van der Waals surface area contributed by atoms with Crippen LogP contribution in [0.2, 0.25) is 0 Å². The fourth-order valence-electron chi connectivity index (χ4n) is 1.77. The Morgan fingerprint density at radius 2 is 2.26 bits per heavy atom. The van der Waals surface area contributed by atoms with E-state index in [2.05, 4.69) is 32.9 Å². The summed E-state index contributed by atoms with van der Waals surface area (Å²) in [5.74, 6) is 11.4. The van der Waals surface area contributed by atoms with E-state index in [4.69, 9.17) is 11.7 Å². The molecule has 0 aliphatic heterocycles. The number of pyridine rings is 1. The zero-order valence-corrected chi connectivity index (χ0v) is 12.8. The Kier molecular flexibility index (Phi) is 6.20. The van der Waals surface area contributed by atoms with Crippen LogP contribution in [-0.4, -0.2) is 28.0 Å². The predicted molar refractivity (Wildman–Crippen MR) is 79.1 cm³/mol. The first-order chi connectivity index (χ1) is 9.01. The minimum absolute atomic E-state index is 0.326. The van der Waals surface area contributed by atoms with Crippen molar-refractivity contribution >= 4 is 21.8 Å². The SMILES string of the molecule is CCCCC(O)c1ccc(Br)nc1/C(=N/N)N(C)N. The molecule has 0 saturated carbocycles. The summed E-state index contributed by atoms with van der Waals surface area (Å²) in [6, 6.07) is 3.58. The summed E-state index contributed by atoms with van der Waals surface area (Å²) in [6.07, 6.45) is 2.01. The van der Waals surface area contributed by atoms with Crippen LogP contribution in [0.4, 0.5) is 0 Å². The zero-order chi connectivity index (χ0) is 14.4. The monoisotopic (exact) mass is 329 g/mol. The van der Waals surface area contributed by atoms with Gasteiger partial charge >= 0.3 is 0 Å². The van der Waals surface area contributed by atoms with Gasteiger partial charge in [-0.1, -0.05) is 25.8 Å². The van der Waals surface area contributed by atoms with Gasteiger partial charge in [0.05, 0.1) is 6.10 Å². The standard InChI is InChI=1S/C12H20BrN5O/c1-3-4-5-9(19)8-6-7-10(13)16-11(8)12(17-14)18(2)15/h6-7,9,19H,3-5,14-15H2,1-2H3/b17-12-. The number of hydrazine groups is 1. The maximum Gasteiger partial charge on any atom is 0.188 e. The Morgan fingerprint density at radius 1 is 1.58 bits per heavy atom. The largest absolute Gasteiger partial charge is 0.388 e. The topological polar surface area (TPSA) is 101 Å². The van der Waals surface area contributed by atoms with Crippen molar-refractivity contribution in [1.29, 1.82) is 0 Å². The molecule has 1 rings (SSSR count). The lowest BCUT2D eigenvalue weighted by molar-refractivity contribution is 0.163. The molecule has 0 aromatic carbocycles. The van der Waals surface area contributed by atoms with E-state index in [1.54, 1.807) is 19.2 Å². The summed E-state index contributed by atoms with van der Waals surface area (Å²) in [6.45, 7) is 2.08. The number of hydrazone groups is 1. The third-order valence-electron chi connectivity index (χ3n) is 2.75. The molecule has 0 aliphatic carbocycles. The van der Waals surface area contributed by atoms with Crippen LogP contribution in [0, 0.1) is 0 Å². The van der Waals surface area contributed by atoms with Gasteiger partial charge in [0.15, 0.2) is 5.84 Å². The number of hydrogen-bond donors (Lipinski definition) is 3. The molecule has 0 fully saturated rings. The van der Waals surface area contributed by atoms with Gasteiger partial charge in [0.2, 0.25) is 0 Å². The number of aromatic nitrogens is 1. The Bertz CT molecular complexity index is 450. The number of unbranched alkanes of at least 4 members (excludes halogenated alkanes) is 1. The Labute approximate surface area is 121 Å². The molecule has 0 aliphatic rings. The van der Waals surface area contributed by atoms with Crippen molar-refractivity contribution in [2.24, 2.45) is 16.8 Å². The lowest BCUT2D eigenvalue weighted by Crippen LogP contribution is -2.36. The molecule has 0 spiro atoms. The summed E-state index contributed by atoms with van der Waals surface area (Å²) in [4.78, 5) is 4.32. The normalized spacial score (nSPS) is 13.4. The summed E-state index contributed by atoms with van der Waals surface area (Å²) in [7, 11) is 1.62. The van der Waals surface area contributed by atoms with E-state index in [-0.39, 0.29) is 0 Å². The lowest BCUT2D eigenvalue weighted by Gasteiger charge is -2.19. The molecule has 5 N–H and O–H groups in total. The summed E-state index contributed by atoms with van der Waals surface area (Å²) >= 11 is 3.30. The lowest BCUT2D eigenvalue weighted by atomic mass is 10.0. The molecule has 7 heteroatoms. The van der Waals surface area contributed by atoms with E-state index in [1.165, 1.54) is 5.01 Å². The van der Waals surface area contributed by atoms with E-state index < -0.39 is 6.10 Å². The molecule has 0 bridgehead atoms. The average molecular weight is 330 g/mol. The molecule has 1 heterocycles. The Morgan fingerprint density at radius 3 is 2.79 bits per heavy atom. The van der Waals surface area contributed by atoms with Crippen molar-refractivity contribution in [2.45, 2.75) is 32.3 Å². The first kappa shape index (κ1) is 15.9. The van der Waals surface area contributed by atoms with Crippen LogP contribution in [0.15, 0.2) is 21.8 Å². The second-order valence-corrected chi connectivity index (χ2v) is 5.11. The van der Waals surface area contributed by atoms with Crippen LogP contribution in [0.1, 0.15) is 43.5 Å². The summed E-state index contributed by atoms with van der Waals surface area (Å²) in [5.41, 5.74) is 1.17. The highest BCUT2D eigenvalue weighted by molar-refractivity contribution is 9.10. The quantitative estimate of drug-likeness (QED) is 0.250. The number of halogens is 1. The molecule has 1 unspecified atom stereocenters. The molecule has 1 aromatic heterocycles. The predicted octanol–water partition coefficient (Wildman–Crippen LogP) is 1.49. The minimum Gasteiger partial charge on any atom is -0.388 e. The van der Waals surface area contributed by atoms with Crippen LogP contribution in [0.3, 0.4) is 0 Å². The average Bonchev–Trinajstić information content (AvgIpc) is 2.36. The van der Waals surface area contributed by atoms with Gasteiger partial charge in [-0.2, -0.15) is 5.10 Å². The maximum absolute atomic E-state index is 10.2. The van der Waals surface area contributed by atoms with E-state index in [0.717, 1.165) is 12.8 Å². The third-order valence-corrected chi connectivity index (χ3v) is 3.19. The number of amidine groups is 1. The molecule has 0 radical (unpaired) electrons. The fourth-order valence-corrected chi connectivity index (χ4v) is 2.08. The van der Waals surface area contributed by atoms with Crippen molar-refractivity contribution in [3.05, 3.63) is 28.0 Å². The van der Waals surface area contributed by atoms with Gasteiger partial charge in [0.25, 0.3) is 0 Å². The second kappa shape index (κ2) is 7.42. The van der Waals surface area contributed by atoms with E-state index >= 15 is 0 Å². The summed E-state index contributed by atoms with van der Waals surface area (Å²) < 4.78 is 0.636. The van der Waals surface area contributed by atoms with E-state index in [1.807, 2.05) is 0 Å². The van der Waals surface area contributed by atoms with Gasteiger partial charge in [-0.15, -0.1) is 0 Å². The fraction of sp³-hybridized carbons (Fsp3) is 0.500. The highest BCUT2D eigenvalue weighted by atomic mass is 79.9. The van der Waals surface area contributed by atoms with E-state index in [9.17, 15) is 5.11 Å². The van der Waals surface area contributed by atoms with Gasteiger partial charge in [0, 0.05) is 12.6 Å². The molecule has 106 valence electrons. The molecular formula is C12H20BrN5O. The number of nitrogens with two attached hydrogens (primary N) is 2. The molecule has 0 amide bonds. The van der Waals surface area contributed by atoms with Gasteiger partial charge in [0.1, 0.15) is 10.3 Å². The van der Waals surface area contributed by atoms with Gasteiger partial charge < -0.3 is 10.9 Å². The van der Waals surface area contributed by atoms with Gasteiger partial charge in [-0.25, -0.2) is 10.8 Å². The highest BCUT2D eigenvalue weighted by Gasteiger charge is 2.19. The zero-order valence-electron chi connectivity index (χ0n) is 11.2. The van der Waals surface area contributed by atoms with Crippen LogP contribution in [0.25, 0.3) is 0 Å². The number of nitrogens with zero attached hydrogens (tertiary/aromatic N) is 3. The number of hydrogen-bond acceptors (Lipinski definition) is 5. The Balaban J connectivity index is 3.17. The van der Waals surface area contributed by atoms with Crippen molar-refractivity contribution < 1.29 is 5.11 Å². The first-order valence-electron chi connectivity index (χ1n) is 6.12. The van der Waals surface area contributed by atoms with Crippen molar-refractivity contribution in [1.82, 2.24) is 9.99 Å². The molecule has 0 saturated heterocycles. The van der Waals surface area contributed by atoms with Crippen LogP contribution in [-0.2, 0) is 0 Å². The van der Waals surface area contributed by atoms with Crippen molar-refractivity contribution in [3.63, 3.8) is 0 Å². The van der Waals surface area contributed by atoms with Crippen LogP contribution in [0.5, 0.6) is 0 Å². The van der Waals surface area contributed by atoms with Gasteiger partial charge in [-0.05, 0) is 28.4 Å². The smallest absolute Gasteiger partial charge is 0.188 e. The molecule has 19 heavy (non-hydrogen) atoms. The van der Waals surface area contributed by atoms with Crippen LogP contribution >= 0.6 is 15.9 Å². The number of aliphatic hydroxyl groups is 1. The first-order valence-corrected chi connectivity index (χ1v) is 6.91. The molecular weight excluding hydrogens is 310 g/mol. The van der Waals surface area contributed by atoms with E-state index in [0.29, 0.717) is 28.1 Å². The molecule has 1 atom stereocenters. The van der Waals surface area contributed by atoms with Gasteiger partial charge in [-0.3, -0.25) is 5.01 Å². The molecule has 1 aromatic rings. The minimum atomic E-state index is -0.604.